The lowest BCUT2D eigenvalue weighted by atomic mass is 10.1. The first-order chi connectivity index (χ1) is 8.63. The van der Waals surface area contributed by atoms with Crippen molar-refractivity contribution in [2.75, 3.05) is 11.1 Å². The van der Waals surface area contributed by atoms with Gasteiger partial charge in [-0.05, 0) is 42.0 Å². The van der Waals surface area contributed by atoms with Crippen LogP contribution in [0.5, 0.6) is 0 Å². The maximum absolute atomic E-state index is 12.7. The molecule has 0 bridgehead atoms. The summed E-state index contributed by atoms with van der Waals surface area (Å²) in [5, 5.41) is 2.74. The number of amides is 1. The molecule has 2 aromatic carbocycles. The van der Waals surface area contributed by atoms with Crippen LogP contribution in [0, 0.1) is 5.82 Å². The summed E-state index contributed by atoms with van der Waals surface area (Å²) >= 11 is 0. The van der Waals surface area contributed by atoms with Gasteiger partial charge in [0.25, 0.3) is 0 Å². The van der Waals surface area contributed by atoms with Crippen molar-refractivity contribution in [3.8, 4) is 0 Å². The average Bonchev–Trinajstić information content (AvgIpc) is 2.35. The highest BCUT2D eigenvalue weighted by molar-refractivity contribution is 5.92. The Bertz CT molecular complexity index is 485. The third-order valence-electron chi connectivity index (χ3n) is 2.47. The molecular formula is C14H13FN2O. The predicted octanol–water partition coefficient (Wildman–Crippen LogP) is 2.59. The van der Waals surface area contributed by atoms with Gasteiger partial charge in [-0.1, -0.05) is 12.1 Å². The SMILES string of the molecule is Nc1ccc(NC(=O)Cc2ccc(F)cc2)cc1. The molecule has 0 aliphatic rings. The van der Waals surface area contributed by atoms with Crippen LogP contribution >= 0.6 is 0 Å². The lowest BCUT2D eigenvalue weighted by Gasteiger charge is -2.05. The number of hydrogen-bond acceptors (Lipinski definition) is 2. The summed E-state index contributed by atoms with van der Waals surface area (Å²) in [6, 6.07) is 12.8. The summed E-state index contributed by atoms with van der Waals surface area (Å²) in [7, 11) is 0. The van der Waals surface area contributed by atoms with Gasteiger partial charge < -0.3 is 11.1 Å². The first-order valence-electron chi connectivity index (χ1n) is 5.53. The molecule has 0 unspecified atom stereocenters. The van der Waals surface area contributed by atoms with Crippen LogP contribution in [0.1, 0.15) is 5.56 Å². The van der Waals surface area contributed by atoms with Gasteiger partial charge in [0.2, 0.25) is 5.91 Å². The molecule has 0 heterocycles. The van der Waals surface area contributed by atoms with Crippen LogP contribution in [-0.4, -0.2) is 5.91 Å². The zero-order valence-electron chi connectivity index (χ0n) is 9.69. The smallest absolute Gasteiger partial charge is 0.228 e. The van der Waals surface area contributed by atoms with Crippen LogP contribution in [0.15, 0.2) is 48.5 Å². The monoisotopic (exact) mass is 244 g/mol. The number of nitrogen functional groups attached to an aromatic ring is 1. The Hall–Kier alpha value is -2.36. The molecule has 92 valence electrons. The Morgan fingerprint density at radius 2 is 1.67 bits per heavy atom. The molecule has 2 rings (SSSR count). The predicted molar refractivity (Wildman–Crippen MR) is 69.6 cm³/mol. The van der Waals surface area contributed by atoms with E-state index < -0.39 is 0 Å². The Morgan fingerprint density at radius 3 is 2.28 bits per heavy atom. The fraction of sp³-hybridized carbons (Fsp3) is 0.0714. The topological polar surface area (TPSA) is 55.1 Å². The average molecular weight is 244 g/mol. The highest BCUT2D eigenvalue weighted by Crippen LogP contribution is 2.11. The van der Waals surface area contributed by atoms with E-state index in [1.165, 1.54) is 12.1 Å². The Morgan fingerprint density at radius 1 is 1.06 bits per heavy atom. The standard InChI is InChI=1S/C14H13FN2O/c15-11-3-1-10(2-4-11)9-14(18)17-13-7-5-12(16)6-8-13/h1-8H,9,16H2,(H,17,18). The van der Waals surface area contributed by atoms with Gasteiger partial charge in [0.1, 0.15) is 5.82 Å². The van der Waals surface area contributed by atoms with Crippen molar-refractivity contribution in [2.24, 2.45) is 0 Å². The molecule has 0 aliphatic carbocycles. The Balaban J connectivity index is 1.96. The molecule has 0 aromatic heterocycles. The quantitative estimate of drug-likeness (QED) is 0.815. The molecule has 0 radical (unpaired) electrons. The van der Waals surface area contributed by atoms with Crippen LogP contribution in [0.25, 0.3) is 0 Å². The zero-order chi connectivity index (χ0) is 13.0. The van der Waals surface area contributed by atoms with Gasteiger partial charge in [-0.15, -0.1) is 0 Å². The molecule has 0 atom stereocenters. The van der Waals surface area contributed by atoms with Crippen molar-refractivity contribution in [1.82, 2.24) is 0 Å². The molecular weight excluding hydrogens is 231 g/mol. The normalized spacial score (nSPS) is 10.1. The maximum Gasteiger partial charge on any atom is 0.228 e. The highest BCUT2D eigenvalue weighted by atomic mass is 19.1. The van der Waals surface area contributed by atoms with Crippen LogP contribution in [0.2, 0.25) is 0 Å². The summed E-state index contributed by atoms with van der Waals surface area (Å²) in [5.41, 5.74) is 7.65. The van der Waals surface area contributed by atoms with Crippen molar-refractivity contribution >= 4 is 17.3 Å². The largest absolute Gasteiger partial charge is 0.399 e. The van der Waals surface area contributed by atoms with Gasteiger partial charge in [0.05, 0.1) is 6.42 Å². The minimum Gasteiger partial charge on any atom is -0.399 e. The van der Waals surface area contributed by atoms with E-state index in [2.05, 4.69) is 5.32 Å². The molecule has 0 spiro atoms. The Labute approximate surface area is 104 Å². The minimum absolute atomic E-state index is 0.147. The van der Waals surface area contributed by atoms with Gasteiger partial charge >= 0.3 is 0 Å². The van der Waals surface area contributed by atoms with Gasteiger partial charge in [-0.3, -0.25) is 4.79 Å². The minimum atomic E-state index is -0.308. The number of nitrogens with two attached hydrogens (primary N) is 1. The highest BCUT2D eigenvalue weighted by Gasteiger charge is 2.04. The number of rotatable bonds is 3. The third kappa shape index (κ3) is 3.31. The van der Waals surface area contributed by atoms with E-state index in [0.717, 1.165) is 5.56 Å². The second-order valence-electron chi connectivity index (χ2n) is 3.97. The second kappa shape index (κ2) is 5.31. The van der Waals surface area contributed by atoms with E-state index in [1.807, 2.05) is 0 Å². The molecule has 4 heteroatoms. The Kier molecular flexibility index (Phi) is 3.57. The molecule has 2 aromatic rings. The van der Waals surface area contributed by atoms with Crippen molar-refractivity contribution in [2.45, 2.75) is 6.42 Å². The van der Waals surface area contributed by atoms with Crippen molar-refractivity contribution in [3.05, 3.63) is 59.9 Å². The van der Waals surface area contributed by atoms with Crippen molar-refractivity contribution < 1.29 is 9.18 Å². The molecule has 3 nitrogen and oxygen atoms in total. The number of nitrogens with one attached hydrogen (secondary N) is 1. The fourth-order valence-electron chi connectivity index (χ4n) is 1.56. The van der Waals surface area contributed by atoms with Gasteiger partial charge in [0, 0.05) is 11.4 Å². The molecule has 0 saturated carbocycles. The molecule has 3 N–H and O–H groups in total. The van der Waals surface area contributed by atoms with Gasteiger partial charge in [0.15, 0.2) is 0 Å². The first-order valence-corrected chi connectivity index (χ1v) is 5.53. The number of hydrogen-bond donors (Lipinski definition) is 2. The number of carbonyl (C=O) groups is 1. The van der Waals surface area contributed by atoms with Gasteiger partial charge in [-0.2, -0.15) is 0 Å². The van der Waals surface area contributed by atoms with E-state index in [9.17, 15) is 9.18 Å². The van der Waals surface area contributed by atoms with E-state index >= 15 is 0 Å². The lowest BCUT2D eigenvalue weighted by Crippen LogP contribution is -2.14. The number of anilines is 2. The summed E-state index contributed by atoms with van der Waals surface area (Å²) in [6.45, 7) is 0. The lowest BCUT2D eigenvalue weighted by molar-refractivity contribution is -0.115. The van der Waals surface area contributed by atoms with Crippen LogP contribution in [-0.2, 0) is 11.2 Å². The maximum atomic E-state index is 12.7. The number of benzene rings is 2. The number of carbonyl (C=O) groups excluding carboxylic acids is 1. The fourth-order valence-corrected chi connectivity index (χ4v) is 1.56. The molecule has 0 aliphatic heterocycles. The molecule has 0 saturated heterocycles. The van der Waals surface area contributed by atoms with Crippen LogP contribution in [0.3, 0.4) is 0 Å². The summed E-state index contributed by atoms with van der Waals surface area (Å²) < 4.78 is 12.7. The summed E-state index contributed by atoms with van der Waals surface area (Å²) in [4.78, 5) is 11.7. The van der Waals surface area contributed by atoms with Gasteiger partial charge in [-0.25, -0.2) is 4.39 Å². The summed E-state index contributed by atoms with van der Waals surface area (Å²) in [6.07, 6.45) is 0.213. The van der Waals surface area contributed by atoms with E-state index in [-0.39, 0.29) is 18.1 Å². The van der Waals surface area contributed by atoms with Crippen LogP contribution in [0.4, 0.5) is 15.8 Å². The molecule has 0 fully saturated rings. The van der Waals surface area contributed by atoms with E-state index in [1.54, 1.807) is 36.4 Å². The molecule has 1 amide bonds. The van der Waals surface area contributed by atoms with Crippen molar-refractivity contribution in [3.63, 3.8) is 0 Å². The number of halogens is 1. The first kappa shape index (κ1) is 12.1. The van der Waals surface area contributed by atoms with E-state index in [4.69, 9.17) is 5.73 Å². The zero-order valence-corrected chi connectivity index (χ0v) is 9.69. The van der Waals surface area contributed by atoms with E-state index in [0.29, 0.717) is 11.4 Å². The van der Waals surface area contributed by atoms with Crippen molar-refractivity contribution in [1.29, 1.82) is 0 Å². The molecule has 18 heavy (non-hydrogen) atoms. The summed E-state index contributed by atoms with van der Waals surface area (Å²) in [5.74, 6) is -0.455. The third-order valence-corrected chi connectivity index (χ3v) is 2.47. The van der Waals surface area contributed by atoms with Crippen LogP contribution < -0.4 is 11.1 Å². The second-order valence-corrected chi connectivity index (χ2v) is 3.97.